The number of ether oxygens (including phenoxy) is 1. The van der Waals surface area contributed by atoms with Gasteiger partial charge in [0.15, 0.2) is 0 Å². The van der Waals surface area contributed by atoms with Crippen molar-refractivity contribution in [3.05, 3.63) is 34.6 Å². The highest BCUT2D eigenvalue weighted by atomic mass is 35.5. The van der Waals surface area contributed by atoms with Crippen LogP contribution in [0.1, 0.15) is 5.56 Å². The van der Waals surface area contributed by atoms with E-state index in [9.17, 15) is 4.39 Å². The maximum absolute atomic E-state index is 13.6. The van der Waals surface area contributed by atoms with E-state index in [-0.39, 0.29) is 11.9 Å². The molecule has 0 spiro atoms. The molecule has 1 heterocycles. The van der Waals surface area contributed by atoms with E-state index in [4.69, 9.17) is 27.9 Å². The van der Waals surface area contributed by atoms with Gasteiger partial charge >= 0.3 is 0 Å². The minimum atomic E-state index is -0.219. The van der Waals surface area contributed by atoms with Crippen LogP contribution in [0.15, 0.2) is 18.2 Å². The van der Waals surface area contributed by atoms with Crippen molar-refractivity contribution in [3.63, 3.8) is 0 Å². The fourth-order valence-corrected chi connectivity index (χ4v) is 2.30. The third-order valence-corrected chi connectivity index (χ3v) is 3.38. The van der Waals surface area contributed by atoms with Gasteiger partial charge in [-0.2, -0.15) is 0 Å². The fraction of sp³-hybridized carbons (Fsp3) is 0.500. The van der Waals surface area contributed by atoms with E-state index in [0.717, 1.165) is 13.1 Å². The van der Waals surface area contributed by atoms with Gasteiger partial charge in [0, 0.05) is 36.1 Å². The lowest BCUT2D eigenvalue weighted by Crippen LogP contribution is -2.42. The minimum Gasteiger partial charge on any atom is -0.374 e. The molecule has 0 N–H and O–H groups in total. The highest BCUT2D eigenvalue weighted by Gasteiger charge is 2.20. The predicted octanol–water partition coefficient (Wildman–Crippen LogP) is 2.92. The first-order valence-corrected chi connectivity index (χ1v) is 6.44. The molecule has 0 radical (unpaired) electrons. The first kappa shape index (κ1) is 13.1. The number of alkyl halides is 1. The summed E-state index contributed by atoms with van der Waals surface area (Å²) >= 11 is 11.6. The minimum absolute atomic E-state index is 0.0349. The molecule has 2 rings (SSSR count). The number of morpholine rings is 1. The van der Waals surface area contributed by atoms with E-state index in [1.807, 2.05) is 0 Å². The van der Waals surface area contributed by atoms with E-state index < -0.39 is 0 Å². The average molecular weight is 278 g/mol. The van der Waals surface area contributed by atoms with Crippen LogP contribution in [-0.2, 0) is 11.3 Å². The first-order chi connectivity index (χ1) is 8.19. The Morgan fingerprint density at radius 3 is 3.06 bits per heavy atom. The molecule has 1 fully saturated rings. The molecule has 1 aromatic rings. The summed E-state index contributed by atoms with van der Waals surface area (Å²) in [4.78, 5) is 2.13. The third kappa shape index (κ3) is 3.55. The van der Waals surface area contributed by atoms with E-state index in [1.165, 1.54) is 6.07 Å². The van der Waals surface area contributed by atoms with E-state index >= 15 is 0 Å². The van der Waals surface area contributed by atoms with Crippen molar-refractivity contribution in [1.82, 2.24) is 4.90 Å². The molecule has 0 aromatic heterocycles. The molecule has 94 valence electrons. The zero-order valence-corrected chi connectivity index (χ0v) is 10.8. The summed E-state index contributed by atoms with van der Waals surface area (Å²) in [7, 11) is 0. The van der Waals surface area contributed by atoms with Crippen molar-refractivity contribution in [2.75, 3.05) is 25.6 Å². The van der Waals surface area contributed by atoms with Gasteiger partial charge in [-0.3, -0.25) is 4.90 Å². The smallest absolute Gasteiger partial charge is 0.127 e. The highest BCUT2D eigenvalue weighted by molar-refractivity contribution is 6.30. The zero-order valence-electron chi connectivity index (χ0n) is 9.33. The van der Waals surface area contributed by atoms with E-state index in [0.29, 0.717) is 29.6 Å². The van der Waals surface area contributed by atoms with Crippen molar-refractivity contribution >= 4 is 23.2 Å². The molecule has 0 aliphatic carbocycles. The lowest BCUT2D eigenvalue weighted by molar-refractivity contribution is -0.0197. The van der Waals surface area contributed by atoms with Crippen LogP contribution in [0.4, 0.5) is 4.39 Å². The molecular weight excluding hydrogens is 264 g/mol. The van der Waals surface area contributed by atoms with Gasteiger partial charge in [0.25, 0.3) is 0 Å². The van der Waals surface area contributed by atoms with Crippen LogP contribution in [0.3, 0.4) is 0 Å². The molecule has 1 saturated heterocycles. The Hall–Kier alpha value is -0.350. The van der Waals surface area contributed by atoms with Crippen LogP contribution >= 0.6 is 23.2 Å². The van der Waals surface area contributed by atoms with Crippen LogP contribution in [0.25, 0.3) is 0 Å². The summed E-state index contributed by atoms with van der Waals surface area (Å²) in [6.45, 7) is 2.71. The van der Waals surface area contributed by atoms with Gasteiger partial charge in [-0.15, -0.1) is 11.6 Å². The van der Waals surface area contributed by atoms with Crippen LogP contribution in [0, 0.1) is 5.82 Å². The molecule has 0 saturated carbocycles. The van der Waals surface area contributed by atoms with Crippen molar-refractivity contribution in [2.24, 2.45) is 0 Å². The number of rotatable bonds is 3. The Bertz CT molecular complexity index is 389. The second-order valence-corrected chi connectivity index (χ2v) is 4.86. The van der Waals surface area contributed by atoms with Crippen LogP contribution in [0.5, 0.6) is 0 Å². The summed E-state index contributed by atoms with van der Waals surface area (Å²) in [5, 5.41) is 0.559. The molecule has 1 atom stereocenters. The first-order valence-electron chi connectivity index (χ1n) is 5.53. The lowest BCUT2D eigenvalue weighted by atomic mass is 10.2. The molecule has 0 bridgehead atoms. The standard InChI is InChI=1S/C12H14Cl2FNO/c13-6-11-8-16(3-4-17-11)7-9-5-10(14)1-2-12(9)15/h1-2,5,11H,3-4,6-8H2. The average Bonchev–Trinajstić information content (AvgIpc) is 2.34. The predicted molar refractivity (Wildman–Crippen MR) is 67.1 cm³/mol. The second kappa shape index (κ2) is 6.01. The molecule has 17 heavy (non-hydrogen) atoms. The summed E-state index contributed by atoms with van der Waals surface area (Å²) in [5.41, 5.74) is 0.618. The van der Waals surface area contributed by atoms with Gasteiger partial charge in [-0.1, -0.05) is 11.6 Å². The summed E-state index contributed by atoms with van der Waals surface area (Å²) < 4.78 is 19.0. The Kier molecular flexibility index (Phi) is 4.62. The van der Waals surface area contributed by atoms with Crippen LogP contribution in [-0.4, -0.2) is 36.6 Å². The molecular formula is C12H14Cl2FNO. The normalized spacial score (nSPS) is 21.7. The molecule has 2 nitrogen and oxygen atoms in total. The Morgan fingerprint density at radius 1 is 1.47 bits per heavy atom. The maximum Gasteiger partial charge on any atom is 0.127 e. The quantitative estimate of drug-likeness (QED) is 0.788. The van der Waals surface area contributed by atoms with Crippen molar-refractivity contribution < 1.29 is 9.13 Å². The highest BCUT2D eigenvalue weighted by Crippen LogP contribution is 2.18. The Morgan fingerprint density at radius 2 is 2.29 bits per heavy atom. The van der Waals surface area contributed by atoms with E-state index in [1.54, 1.807) is 12.1 Å². The fourth-order valence-electron chi connectivity index (χ4n) is 1.92. The largest absolute Gasteiger partial charge is 0.374 e. The second-order valence-electron chi connectivity index (χ2n) is 4.12. The molecule has 1 aliphatic heterocycles. The van der Waals surface area contributed by atoms with Gasteiger partial charge in [-0.25, -0.2) is 4.39 Å². The Labute approximate surface area is 110 Å². The SMILES string of the molecule is Fc1ccc(Cl)cc1CN1CCOC(CCl)C1. The zero-order chi connectivity index (χ0) is 12.3. The monoisotopic (exact) mass is 277 g/mol. The summed E-state index contributed by atoms with van der Waals surface area (Å²) in [5.74, 6) is 0.248. The van der Waals surface area contributed by atoms with E-state index in [2.05, 4.69) is 4.90 Å². The number of halogens is 3. The number of hydrogen-bond donors (Lipinski definition) is 0. The number of hydrogen-bond acceptors (Lipinski definition) is 2. The molecule has 0 amide bonds. The molecule has 5 heteroatoms. The van der Waals surface area contributed by atoms with Gasteiger partial charge < -0.3 is 4.74 Å². The van der Waals surface area contributed by atoms with Crippen molar-refractivity contribution in [3.8, 4) is 0 Å². The van der Waals surface area contributed by atoms with Crippen molar-refractivity contribution in [1.29, 1.82) is 0 Å². The lowest BCUT2D eigenvalue weighted by Gasteiger charge is -2.32. The van der Waals surface area contributed by atoms with Gasteiger partial charge in [0.05, 0.1) is 12.7 Å². The maximum atomic E-state index is 13.6. The summed E-state index contributed by atoms with van der Waals surface area (Å²) in [6, 6.07) is 4.63. The topological polar surface area (TPSA) is 12.5 Å². The van der Waals surface area contributed by atoms with Gasteiger partial charge in [-0.05, 0) is 18.2 Å². The number of nitrogens with zero attached hydrogens (tertiary/aromatic N) is 1. The Balaban J connectivity index is 2.02. The van der Waals surface area contributed by atoms with Crippen LogP contribution in [0.2, 0.25) is 5.02 Å². The third-order valence-electron chi connectivity index (χ3n) is 2.80. The molecule has 1 unspecified atom stereocenters. The number of benzene rings is 1. The molecule has 1 aliphatic rings. The van der Waals surface area contributed by atoms with Gasteiger partial charge in [0.1, 0.15) is 5.82 Å². The summed E-state index contributed by atoms with van der Waals surface area (Å²) in [6.07, 6.45) is 0.0349. The van der Waals surface area contributed by atoms with Crippen LogP contribution < -0.4 is 0 Å². The van der Waals surface area contributed by atoms with Gasteiger partial charge in [0.2, 0.25) is 0 Å². The molecule has 1 aromatic carbocycles. The van der Waals surface area contributed by atoms with Crippen molar-refractivity contribution in [2.45, 2.75) is 12.6 Å².